The van der Waals surface area contributed by atoms with Crippen molar-refractivity contribution in [3.05, 3.63) is 35.9 Å². The molecule has 2 aliphatic heterocycles. The molecule has 0 radical (unpaired) electrons. The Morgan fingerprint density at radius 1 is 1.50 bits per heavy atom. The van der Waals surface area contributed by atoms with Gasteiger partial charge in [0, 0.05) is 24.9 Å². The Morgan fingerprint density at radius 3 is 2.90 bits per heavy atom. The molecule has 3 rings (SSSR count). The van der Waals surface area contributed by atoms with E-state index in [1.807, 2.05) is 6.07 Å². The van der Waals surface area contributed by atoms with E-state index in [9.17, 15) is 4.79 Å². The van der Waals surface area contributed by atoms with E-state index in [-0.39, 0.29) is 4.87 Å². The molecule has 0 amide bonds. The Bertz CT molecular complexity index is 496. The highest BCUT2D eigenvalue weighted by Crippen LogP contribution is 2.43. The van der Waals surface area contributed by atoms with Crippen LogP contribution in [0.1, 0.15) is 18.9 Å². The third kappa shape index (κ3) is 2.45. The van der Waals surface area contributed by atoms with Crippen LogP contribution in [0.3, 0.4) is 0 Å². The maximum Gasteiger partial charge on any atom is 0.321 e. The minimum atomic E-state index is -0.733. The molecule has 3 atom stereocenters. The average Bonchev–Trinajstić information content (AvgIpc) is 3.01. The van der Waals surface area contributed by atoms with Crippen LogP contribution in [0, 0.1) is 0 Å². The number of nitrogens with zero attached hydrogens (tertiary/aromatic N) is 1. The van der Waals surface area contributed by atoms with E-state index in [1.54, 1.807) is 11.8 Å². The lowest BCUT2D eigenvalue weighted by atomic mass is 10.1. The van der Waals surface area contributed by atoms with Gasteiger partial charge in [0.1, 0.15) is 6.04 Å². The normalized spacial score (nSPS) is 33.9. The van der Waals surface area contributed by atoms with Crippen LogP contribution in [0.15, 0.2) is 30.3 Å². The molecule has 2 N–H and O–H groups in total. The first-order chi connectivity index (χ1) is 9.61. The van der Waals surface area contributed by atoms with Crippen LogP contribution in [0.25, 0.3) is 0 Å². The van der Waals surface area contributed by atoms with Gasteiger partial charge in [-0.1, -0.05) is 30.3 Å². The largest absolute Gasteiger partial charge is 0.480 e. The zero-order valence-corrected chi connectivity index (χ0v) is 12.4. The number of nitrogens with one attached hydrogen (secondary N) is 1. The first-order valence-corrected chi connectivity index (χ1v) is 8.02. The molecule has 2 unspecified atom stereocenters. The fourth-order valence-corrected chi connectivity index (χ4v) is 4.71. The fraction of sp³-hybridized carbons (Fsp3) is 0.533. The van der Waals surface area contributed by atoms with E-state index in [4.69, 9.17) is 5.11 Å². The number of rotatable bonds is 3. The molecule has 0 aliphatic carbocycles. The van der Waals surface area contributed by atoms with Gasteiger partial charge in [0.2, 0.25) is 0 Å². The Balaban J connectivity index is 1.68. The van der Waals surface area contributed by atoms with E-state index in [0.29, 0.717) is 11.8 Å². The number of likely N-dealkylation sites (tertiary alicyclic amines) is 1. The first kappa shape index (κ1) is 13.9. The predicted octanol–water partition coefficient (Wildman–Crippen LogP) is 1.77. The van der Waals surface area contributed by atoms with Crippen LogP contribution in [0.2, 0.25) is 0 Å². The van der Waals surface area contributed by atoms with E-state index in [0.717, 1.165) is 19.5 Å². The molecule has 1 spiro atoms. The maximum absolute atomic E-state index is 11.1. The summed E-state index contributed by atoms with van der Waals surface area (Å²) in [4.78, 5) is 13.5. The zero-order chi connectivity index (χ0) is 14.2. The van der Waals surface area contributed by atoms with Gasteiger partial charge in [0.05, 0.1) is 4.87 Å². The number of carbonyl (C=O) groups is 1. The van der Waals surface area contributed by atoms with Crippen molar-refractivity contribution >= 4 is 17.7 Å². The lowest BCUT2D eigenvalue weighted by molar-refractivity contribution is -0.138. The SMILES string of the molecule is CC1N(Cc2ccccc2)CCC12N[C@H](C(=O)O)CS2. The number of aliphatic carboxylic acids is 1. The van der Waals surface area contributed by atoms with Crippen LogP contribution in [-0.4, -0.2) is 45.2 Å². The van der Waals surface area contributed by atoms with E-state index in [1.165, 1.54) is 5.56 Å². The summed E-state index contributed by atoms with van der Waals surface area (Å²) in [5, 5.41) is 12.5. The second kappa shape index (κ2) is 5.39. The third-order valence-electron chi connectivity index (χ3n) is 4.45. The molecule has 2 saturated heterocycles. The van der Waals surface area contributed by atoms with Gasteiger partial charge in [0.15, 0.2) is 0 Å². The Kier molecular flexibility index (Phi) is 3.75. The number of thioether (sulfide) groups is 1. The summed E-state index contributed by atoms with van der Waals surface area (Å²) in [5.74, 6) is -0.0677. The van der Waals surface area contributed by atoms with Crippen molar-refractivity contribution < 1.29 is 9.90 Å². The topological polar surface area (TPSA) is 52.6 Å². The van der Waals surface area contributed by atoms with Gasteiger partial charge in [-0.15, -0.1) is 11.8 Å². The van der Waals surface area contributed by atoms with E-state index in [2.05, 4.69) is 41.4 Å². The highest BCUT2D eigenvalue weighted by Gasteiger charge is 2.51. The average molecular weight is 292 g/mol. The summed E-state index contributed by atoms with van der Waals surface area (Å²) in [5.41, 5.74) is 1.31. The number of hydrogen-bond donors (Lipinski definition) is 2. The van der Waals surface area contributed by atoms with Crippen molar-refractivity contribution in [2.75, 3.05) is 12.3 Å². The van der Waals surface area contributed by atoms with Crippen LogP contribution < -0.4 is 5.32 Å². The summed E-state index contributed by atoms with van der Waals surface area (Å²) in [6, 6.07) is 10.4. The van der Waals surface area contributed by atoms with Crippen LogP contribution in [0.5, 0.6) is 0 Å². The van der Waals surface area contributed by atoms with Gasteiger partial charge in [-0.2, -0.15) is 0 Å². The third-order valence-corrected chi connectivity index (χ3v) is 6.12. The molecule has 1 aromatic carbocycles. The van der Waals surface area contributed by atoms with Gasteiger partial charge >= 0.3 is 5.97 Å². The minimum Gasteiger partial charge on any atom is -0.480 e. The van der Waals surface area contributed by atoms with Gasteiger partial charge in [-0.25, -0.2) is 0 Å². The molecular weight excluding hydrogens is 272 g/mol. The lowest BCUT2D eigenvalue weighted by Gasteiger charge is -2.32. The highest BCUT2D eigenvalue weighted by atomic mass is 32.2. The summed E-state index contributed by atoms with van der Waals surface area (Å²) >= 11 is 1.78. The number of hydrogen-bond acceptors (Lipinski definition) is 4. The summed E-state index contributed by atoms with van der Waals surface area (Å²) < 4.78 is 0. The second-order valence-electron chi connectivity index (χ2n) is 5.62. The minimum absolute atomic E-state index is 0.0855. The van der Waals surface area contributed by atoms with E-state index >= 15 is 0 Å². The lowest BCUT2D eigenvalue weighted by Crippen LogP contribution is -2.51. The van der Waals surface area contributed by atoms with Crippen LogP contribution in [-0.2, 0) is 11.3 Å². The molecule has 108 valence electrons. The van der Waals surface area contributed by atoms with Gasteiger partial charge < -0.3 is 5.11 Å². The quantitative estimate of drug-likeness (QED) is 0.889. The fourth-order valence-electron chi connectivity index (χ4n) is 3.17. The van der Waals surface area contributed by atoms with Crippen molar-refractivity contribution in [2.24, 2.45) is 0 Å². The van der Waals surface area contributed by atoms with Crippen LogP contribution in [0.4, 0.5) is 0 Å². The van der Waals surface area contributed by atoms with Gasteiger partial charge in [-0.05, 0) is 18.9 Å². The van der Waals surface area contributed by atoms with E-state index < -0.39 is 12.0 Å². The molecule has 2 fully saturated rings. The van der Waals surface area contributed by atoms with Crippen molar-refractivity contribution in [3.8, 4) is 0 Å². The van der Waals surface area contributed by atoms with Crippen molar-refractivity contribution in [2.45, 2.75) is 36.8 Å². The van der Waals surface area contributed by atoms with Gasteiger partial charge in [-0.3, -0.25) is 15.0 Å². The molecule has 2 aliphatic rings. The molecule has 4 nitrogen and oxygen atoms in total. The summed E-state index contributed by atoms with van der Waals surface area (Å²) in [6.07, 6.45) is 1.01. The number of carboxylic acids is 1. The number of benzene rings is 1. The summed E-state index contributed by atoms with van der Waals surface area (Å²) in [7, 11) is 0. The Hall–Kier alpha value is -1.04. The zero-order valence-electron chi connectivity index (χ0n) is 11.6. The predicted molar refractivity (Wildman–Crippen MR) is 80.7 cm³/mol. The second-order valence-corrected chi connectivity index (χ2v) is 6.97. The molecular formula is C15H20N2O2S. The molecule has 2 heterocycles. The monoisotopic (exact) mass is 292 g/mol. The standard InChI is InChI=1S/C15H20N2O2S/c1-11-15(16-13(10-20-15)14(18)19)7-8-17(11)9-12-5-3-2-4-6-12/h2-6,11,13,16H,7-10H2,1H3,(H,18,19)/t11?,13-,15?/m0/s1. The number of carboxylic acid groups (broad SMARTS) is 1. The van der Waals surface area contributed by atoms with Crippen molar-refractivity contribution in [1.82, 2.24) is 10.2 Å². The Labute approximate surface area is 123 Å². The first-order valence-electron chi connectivity index (χ1n) is 7.03. The van der Waals surface area contributed by atoms with Crippen molar-refractivity contribution in [1.29, 1.82) is 0 Å². The highest BCUT2D eigenvalue weighted by molar-refractivity contribution is 8.01. The van der Waals surface area contributed by atoms with Crippen molar-refractivity contribution in [3.63, 3.8) is 0 Å². The summed E-state index contributed by atoms with van der Waals surface area (Å²) in [6.45, 7) is 4.16. The van der Waals surface area contributed by atoms with Crippen LogP contribution >= 0.6 is 11.8 Å². The molecule has 0 aromatic heterocycles. The molecule has 1 aromatic rings. The molecule has 0 saturated carbocycles. The molecule has 5 heteroatoms. The Morgan fingerprint density at radius 2 is 2.25 bits per heavy atom. The van der Waals surface area contributed by atoms with Gasteiger partial charge in [0.25, 0.3) is 0 Å². The molecule has 20 heavy (non-hydrogen) atoms. The smallest absolute Gasteiger partial charge is 0.321 e. The molecule has 0 bridgehead atoms. The maximum atomic E-state index is 11.1.